The molecule has 0 spiro atoms. The molecule has 310 valence electrons. The van der Waals surface area contributed by atoms with Crippen molar-refractivity contribution in [2.75, 3.05) is 24.7 Å². The third-order valence-corrected chi connectivity index (χ3v) is 9.77. The van der Waals surface area contributed by atoms with E-state index in [4.69, 9.17) is 25.4 Å². The number of benzene rings is 2. The van der Waals surface area contributed by atoms with Gasteiger partial charge in [0.1, 0.15) is 22.9 Å². The van der Waals surface area contributed by atoms with Gasteiger partial charge >= 0.3 is 6.18 Å². The lowest BCUT2D eigenvalue weighted by Gasteiger charge is -2.29. The normalized spacial score (nSPS) is 11.8. The molecule has 0 aliphatic carbocycles. The fourth-order valence-electron chi connectivity index (χ4n) is 6.49. The van der Waals surface area contributed by atoms with E-state index in [0.717, 1.165) is 67.6 Å². The number of hydrogen-bond donors (Lipinski definition) is 2. The van der Waals surface area contributed by atoms with Crippen LogP contribution in [0.4, 0.5) is 30.2 Å². The second-order valence-electron chi connectivity index (χ2n) is 14.7. The number of unbranched alkanes of at least 4 members (excludes halogenated alkanes) is 15. The zero-order valence-corrected chi connectivity index (χ0v) is 34.5. The minimum Gasteiger partial charge on any atom is -0.494 e. The summed E-state index contributed by atoms with van der Waals surface area (Å²) in [5.41, 5.74) is 6.57. The maximum Gasteiger partial charge on any atom is 0.430 e. The van der Waals surface area contributed by atoms with Crippen LogP contribution in [0, 0.1) is 12.3 Å². The van der Waals surface area contributed by atoms with Crippen molar-refractivity contribution < 1.29 is 27.4 Å². The summed E-state index contributed by atoms with van der Waals surface area (Å²) in [5, 5.41) is 8.46. The number of rotatable bonds is 29. The van der Waals surface area contributed by atoms with Gasteiger partial charge in [-0.25, -0.2) is 0 Å². The summed E-state index contributed by atoms with van der Waals surface area (Å²) < 4.78 is 58.9. The highest BCUT2D eigenvalue weighted by molar-refractivity contribution is 6.06. The van der Waals surface area contributed by atoms with Gasteiger partial charge in [0, 0.05) is 18.0 Å². The van der Waals surface area contributed by atoms with Crippen LogP contribution < -0.4 is 24.8 Å². The summed E-state index contributed by atoms with van der Waals surface area (Å²) in [6.07, 6.45) is 18.1. The molecule has 0 saturated heterocycles. The van der Waals surface area contributed by atoms with E-state index in [1.165, 1.54) is 76.8 Å². The highest BCUT2D eigenvalue weighted by Crippen LogP contribution is 2.44. The Morgan fingerprint density at radius 1 is 0.661 bits per heavy atom. The van der Waals surface area contributed by atoms with E-state index in [1.807, 2.05) is 48.2 Å². The molecule has 0 amide bonds. The van der Waals surface area contributed by atoms with Crippen LogP contribution >= 0.6 is 0 Å². The van der Waals surface area contributed by atoms with Crippen LogP contribution in [0.3, 0.4) is 0 Å². The Kier molecular flexibility index (Phi) is 21.3. The van der Waals surface area contributed by atoms with Crippen LogP contribution in [-0.2, 0) is 0 Å². The van der Waals surface area contributed by atoms with Gasteiger partial charge in [0.05, 0.1) is 42.6 Å². The third-order valence-electron chi connectivity index (χ3n) is 9.77. The van der Waals surface area contributed by atoms with E-state index in [-0.39, 0.29) is 5.69 Å². The fraction of sp³-hybridized carbons (Fsp3) is 0.565. The van der Waals surface area contributed by atoms with Crippen LogP contribution in [0.1, 0.15) is 148 Å². The molecule has 10 heteroatoms. The Hall–Kier alpha value is -4.21. The van der Waals surface area contributed by atoms with Gasteiger partial charge in [-0.1, -0.05) is 117 Å². The largest absolute Gasteiger partial charge is 0.494 e. The van der Waals surface area contributed by atoms with E-state index in [0.29, 0.717) is 43.1 Å². The molecule has 0 bridgehead atoms. The van der Waals surface area contributed by atoms with Gasteiger partial charge in [0.15, 0.2) is 0 Å². The Labute approximate surface area is 334 Å². The predicted octanol–water partition coefficient (Wildman–Crippen LogP) is 13.9. The van der Waals surface area contributed by atoms with Crippen molar-refractivity contribution in [2.45, 2.75) is 149 Å². The van der Waals surface area contributed by atoms with Crippen molar-refractivity contribution in [1.82, 2.24) is 4.98 Å². The average Bonchev–Trinajstić information content (AvgIpc) is 3.18. The molecule has 3 N–H and O–H groups in total. The van der Waals surface area contributed by atoms with Gasteiger partial charge in [-0.15, -0.1) is 0 Å². The molecular formula is C46H67F3N4O3. The van der Waals surface area contributed by atoms with Gasteiger partial charge in [-0.3, -0.25) is 10.4 Å². The van der Waals surface area contributed by atoms with Crippen molar-refractivity contribution in [2.24, 2.45) is 5.73 Å². The van der Waals surface area contributed by atoms with Crippen molar-refractivity contribution in [3.63, 3.8) is 0 Å². The molecule has 0 aliphatic heterocycles. The topological polar surface area (TPSA) is 93.7 Å². The lowest BCUT2D eigenvalue weighted by molar-refractivity contribution is -0.0925. The average molecular weight is 781 g/mol. The van der Waals surface area contributed by atoms with Gasteiger partial charge in [-0.05, 0) is 80.3 Å². The summed E-state index contributed by atoms with van der Waals surface area (Å²) in [5.74, 6) is 2.10. The molecule has 0 saturated carbocycles. The van der Waals surface area contributed by atoms with Crippen molar-refractivity contribution in [3.8, 4) is 17.2 Å². The summed E-state index contributed by atoms with van der Waals surface area (Å²) in [7, 11) is 0. The zero-order chi connectivity index (χ0) is 40.6. The molecule has 2 aromatic carbocycles. The Morgan fingerprint density at radius 3 is 1.66 bits per heavy atom. The van der Waals surface area contributed by atoms with Crippen molar-refractivity contribution in [1.29, 1.82) is 5.41 Å². The number of allylic oxidation sites excluding steroid dienone is 2. The molecular weight excluding hydrogens is 714 g/mol. The van der Waals surface area contributed by atoms with Gasteiger partial charge in [0.2, 0.25) is 0 Å². The Bertz CT molecular complexity index is 1610. The number of ether oxygens (including phenoxy) is 3. The smallest absolute Gasteiger partial charge is 0.430 e. The molecule has 3 aromatic rings. The zero-order valence-electron chi connectivity index (χ0n) is 34.5. The van der Waals surface area contributed by atoms with Gasteiger partial charge < -0.3 is 24.8 Å². The van der Waals surface area contributed by atoms with E-state index >= 15 is 0 Å². The van der Waals surface area contributed by atoms with Gasteiger partial charge in [0.25, 0.3) is 0 Å². The predicted molar refractivity (Wildman–Crippen MR) is 225 cm³/mol. The first-order chi connectivity index (χ1) is 27.1. The standard InChI is InChI=1S/C46H67F3N4O3/c1-5-8-11-14-17-20-29-54-38-23-25-42(36(4)32-38)53(37-27-28-52-41(33-37)40(50)35-45(51)46(47,48)49)43-26-24-39(55-30-21-18-15-12-9-6-2)34-44(43)56-31-22-19-16-13-10-7-3/h23-28,32-35,50H,5-22,29-31,51H2,1-4H3. The summed E-state index contributed by atoms with van der Waals surface area (Å²) >= 11 is 0. The number of nitrogens with two attached hydrogens (primary N) is 1. The number of aromatic nitrogens is 1. The number of halogens is 3. The summed E-state index contributed by atoms with van der Waals surface area (Å²) in [6.45, 7) is 10.4. The molecule has 56 heavy (non-hydrogen) atoms. The maximum absolute atomic E-state index is 13.3. The Balaban J connectivity index is 2.00. The molecule has 7 nitrogen and oxygen atoms in total. The highest BCUT2D eigenvalue weighted by Gasteiger charge is 2.32. The number of aryl methyl sites for hydroxylation is 1. The quantitative estimate of drug-likeness (QED) is 0.0538. The lowest BCUT2D eigenvalue weighted by atomic mass is 10.1. The van der Waals surface area contributed by atoms with Crippen molar-refractivity contribution >= 4 is 22.8 Å². The number of anilines is 3. The lowest BCUT2D eigenvalue weighted by Crippen LogP contribution is -2.21. The van der Waals surface area contributed by atoms with Gasteiger partial charge in [-0.2, -0.15) is 13.2 Å². The molecule has 1 heterocycles. The molecule has 1 aromatic heterocycles. The van der Waals surface area contributed by atoms with Crippen LogP contribution in [0.2, 0.25) is 0 Å². The third kappa shape index (κ3) is 16.5. The number of nitrogens with one attached hydrogen (secondary N) is 1. The fourth-order valence-corrected chi connectivity index (χ4v) is 6.49. The number of hydrogen-bond acceptors (Lipinski definition) is 7. The first-order valence-corrected chi connectivity index (χ1v) is 21.1. The summed E-state index contributed by atoms with van der Waals surface area (Å²) in [4.78, 5) is 6.25. The number of pyridine rings is 1. The van der Waals surface area contributed by atoms with Crippen molar-refractivity contribution in [3.05, 3.63) is 77.8 Å². The highest BCUT2D eigenvalue weighted by atomic mass is 19.4. The molecule has 3 rings (SSSR count). The van der Waals surface area contributed by atoms with Crippen LogP contribution in [0.15, 0.2) is 66.5 Å². The van der Waals surface area contributed by atoms with Crippen LogP contribution in [-0.4, -0.2) is 36.7 Å². The second-order valence-corrected chi connectivity index (χ2v) is 14.7. The first-order valence-electron chi connectivity index (χ1n) is 21.1. The number of alkyl halides is 3. The molecule has 0 aliphatic rings. The van der Waals surface area contributed by atoms with E-state index in [9.17, 15) is 13.2 Å². The van der Waals surface area contributed by atoms with E-state index in [2.05, 4.69) is 25.8 Å². The second kappa shape index (κ2) is 25.9. The minimum atomic E-state index is -4.76. The molecule has 0 atom stereocenters. The van der Waals surface area contributed by atoms with Crippen LogP contribution in [0.5, 0.6) is 17.2 Å². The first kappa shape index (κ1) is 46.2. The summed E-state index contributed by atoms with van der Waals surface area (Å²) in [6, 6.07) is 15.1. The van der Waals surface area contributed by atoms with Crippen LogP contribution in [0.25, 0.3) is 0 Å². The molecule has 0 radical (unpaired) electrons. The minimum absolute atomic E-state index is 0.0460. The molecule has 0 unspecified atom stereocenters. The van der Waals surface area contributed by atoms with E-state index < -0.39 is 17.6 Å². The molecule has 0 fully saturated rings. The maximum atomic E-state index is 13.3. The SMILES string of the molecule is CCCCCCCCOc1ccc(N(c2ccnc(C(=N)C=C(N)C(F)(F)F)c2)c2ccc(OCCCCCCCC)cc2OCCCCCCCC)c(C)c1. The van der Waals surface area contributed by atoms with E-state index in [1.54, 1.807) is 12.1 Å². The Morgan fingerprint density at radius 2 is 1.14 bits per heavy atom. The monoisotopic (exact) mass is 781 g/mol. The number of nitrogens with zero attached hydrogens (tertiary/aromatic N) is 2.